The van der Waals surface area contributed by atoms with E-state index in [4.69, 9.17) is 5.73 Å². The van der Waals surface area contributed by atoms with Gasteiger partial charge in [0.25, 0.3) is 0 Å². The van der Waals surface area contributed by atoms with Crippen molar-refractivity contribution in [2.45, 2.75) is 13.3 Å². The highest BCUT2D eigenvalue weighted by atomic mass is 16.2. The number of hydrazone groups is 1. The van der Waals surface area contributed by atoms with Gasteiger partial charge in [0.05, 0.1) is 5.71 Å². The number of hydrogen-bond donors (Lipinski definition) is 2. The largest absolute Gasteiger partial charge is 0.350 e. The monoisotopic (exact) mass is 265 g/mol. The summed E-state index contributed by atoms with van der Waals surface area (Å²) in [6, 6.07) is 14.0. The van der Waals surface area contributed by atoms with Gasteiger partial charge in [0, 0.05) is 0 Å². The Morgan fingerprint density at radius 2 is 1.90 bits per heavy atom. The molecule has 3 N–H and O–H groups in total. The van der Waals surface area contributed by atoms with Gasteiger partial charge in [0.2, 0.25) is 0 Å². The SMILES string of the molecule is CC(=NNC(N)=O)c1ccc2c(c1)Cc1ccccc1-2. The number of carbonyl (C=O) groups is 1. The molecule has 0 saturated heterocycles. The number of fused-ring (bicyclic) bond motifs is 3. The molecule has 1 aliphatic rings. The van der Waals surface area contributed by atoms with E-state index in [9.17, 15) is 4.79 Å². The summed E-state index contributed by atoms with van der Waals surface area (Å²) in [5.41, 5.74) is 14.2. The molecule has 2 aromatic rings. The molecule has 2 amide bonds. The van der Waals surface area contributed by atoms with Gasteiger partial charge in [-0.1, -0.05) is 36.4 Å². The third-order valence-electron chi connectivity index (χ3n) is 3.55. The van der Waals surface area contributed by atoms with Crippen molar-refractivity contribution in [3.8, 4) is 11.1 Å². The second kappa shape index (κ2) is 4.81. The first-order chi connectivity index (χ1) is 9.65. The van der Waals surface area contributed by atoms with E-state index in [1.165, 1.54) is 22.3 Å². The highest BCUT2D eigenvalue weighted by molar-refractivity contribution is 6.00. The third kappa shape index (κ3) is 2.16. The molecule has 0 radical (unpaired) electrons. The van der Waals surface area contributed by atoms with Gasteiger partial charge in [-0.15, -0.1) is 0 Å². The Morgan fingerprint density at radius 3 is 2.70 bits per heavy atom. The van der Waals surface area contributed by atoms with E-state index in [1.54, 1.807) is 0 Å². The van der Waals surface area contributed by atoms with Gasteiger partial charge in [-0.3, -0.25) is 0 Å². The molecular formula is C16H15N3O. The van der Waals surface area contributed by atoms with Crippen molar-refractivity contribution < 1.29 is 4.79 Å². The highest BCUT2D eigenvalue weighted by Crippen LogP contribution is 2.36. The second-order valence-electron chi connectivity index (χ2n) is 4.88. The van der Waals surface area contributed by atoms with Crippen LogP contribution in [0.5, 0.6) is 0 Å². The van der Waals surface area contributed by atoms with Crippen LogP contribution in [0.1, 0.15) is 23.6 Å². The fourth-order valence-electron chi connectivity index (χ4n) is 2.57. The first-order valence-corrected chi connectivity index (χ1v) is 6.46. The molecule has 0 unspecified atom stereocenters. The molecule has 0 fully saturated rings. The Hall–Kier alpha value is -2.62. The van der Waals surface area contributed by atoms with E-state index in [-0.39, 0.29) is 0 Å². The summed E-state index contributed by atoms with van der Waals surface area (Å²) in [5.74, 6) is 0. The number of urea groups is 1. The maximum atomic E-state index is 10.7. The quantitative estimate of drug-likeness (QED) is 0.543. The Labute approximate surface area is 117 Å². The number of carbonyl (C=O) groups excluding carboxylic acids is 1. The number of amides is 2. The van der Waals surface area contributed by atoms with Crippen LogP contribution in [-0.4, -0.2) is 11.7 Å². The van der Waals surface area contributed by atoms with Crippen molar-refractivity contribution in [2.75, 3.05) is 0 Å². The molecule has 0 bridgehead atoms. The standard InChI is InChI=1S/C16H15N3O/c1-10(18-19-16(17)20)11-6-7-15-13(8-11)9-12-4-2-3-5-14(12)15/h2-8H,9H2,1H3,(H3,17,19,20). The Morgan fingerprint density at radius 1 is 1.15 bits per heavy atom. The van der Waals surface area contributed by atoms with Crippen molar-refractivity contribution in [1.29, 1.82) is 0 Å². The van der Waals surface area contributed by atoms with Gasteiger partial charge < -0.3 is 5.73 Å². The molecule has 3 rings (SSSR count). The van der Waals surface area contributed by atoms with E-state index in [0.29, 0.717) is 0 Å². The first kappa shape index (κ1) is 12.4. The maximum Gasteiger partial charge on any atom is 0.332 e. The van der Waals surface area contributed by atoms with Crippen LogP contribution in [0, 0.1) is 0 Å². The Bertz CT molecular complexity index is 719. The van der Waals surface area contributed by atoms with Crippen molar-refractivity contribution >= 4 is 11.7 Å². The van der Waals surface area contributed by atoms with Gasteiger partial charge in [-0.25, -0.2) is 10.2 Å². The minimum atomic E-state index is -0.655. The average molecular weight is 265 g/mol. The summed E-state index contributed by atoms with van der Waals surface area (Å²) in [6.45, 7) is 1.85. The zero-order valence-electron chi connectivity index (χ0n) is 11.2. The minimum absolute atomic E-state index is 0.655. The molecule has 0 aromatic heterocycles. The zero-order valence-corrected chi connectivity index (χ0v) is 11.2. The lowest BCUT2D eigenvalue weighted by Gasteiger charge is -2.05. The van der Waals surface area contributed by atoms with Crippen molar-refractivity contribution in [3.05, 3.63) is 59.2 Å². The predicted molar refractivity (Wildman–Crippen MR) is 79.6 cm³/mol. The van der Waals surface area contributed by atoms with Gasteiger partial charge in [0.15, 0.2) is 0 Å². The summed E-state index contributed by atoms with van der Waals surface area (Å²) < 4.78 is 0. The van der Waals surface area contributed by atoms with Crippen LogP contribution in [0.4, 0.5) is 4.79 Å². The van der Waals surface area contributed by atoms with Crippen molar-refractivity contribution in [3.63, 3.8) is 0 Å². The number of nitrogens with zero attached hydrogens (tertiary/aromatic N) is 1. The fraction of sp³-hybridized carbons (Fsp3) is 0.125. The summed E-state index contributed by atoms with van der Waals surface area (Å²) in [4.78, 5) is 10.7. The van der Waals surface area contributed by atoms with Crippen LogP contribution in [-0.2, 0) is 6.42 Å². The third-order valence-corrected chi connectivity index (χ3v) is 3.55. The van der Waals surface area contributed by atoms with Crippen LogP contribution in [0.25, 0.3) is 11.1 Å². The molecule has 100 valence electrons. The molecule has 2 aromatic carbocycles. The normalized spacial score (nSPS) is 12.8. The number of hydrogen-bond acceptors (Lipinski definition) is 2. The molecule has 20 heavy (non-hydrogen) atoms. The highest BCUT2D eigenvalue weighted by Gasteiger charge is 2.18. The lowest BCUT2D eigenvalue weighted by atomic mass is 10.0. The maximum absolute atomic E-state index is 10.7. The van der Waals surface area contributed by atoms with Crippen LogP contribution in [0.15, 0.2) is 47.6 Å². The van der Waals surface area contributed by atoms with E-state index in [1.807, 2.05) is 13.0 Å². The second-order valence-corrected chi connectivity index (χ2v) is 4.88. The van der Waals surface area contributed by atoms with Crippen LogP contribution in [0.3, 0.4) is 0 Å². The van der Waals surface area contributed by atoms with Crippen molar-refractivity contribution in [2.24, 2.45) is 10.8 Å². The number of primary amides is 1. The average Bonchev–Trinajstić information content (AvgIpc) is 2.82. The topological polar surface area (TPSA) is 67.5 Å². The molecule has 0 aliphatic heterocycles. The molecule has 0 saturated carbocycles. The summed E-state index contributed by atoms with van der Waals surface area (Å²) in [5, 5.41) is 3.96. The van der Waals surface area contributed by atoms with Crippen LogP contribution >= 0.6 is 0 Å². The van der Waals surface area contributed by atoms with Gasteiger partial charge >= 0.3 is 6.03 Å². The molecule has 0 spiro atoms. The lowest BCUT2D eigenvalue weighted by molar-refractivity contribution is 0.249. The molecule has 0 heterocycles. The number of rotatable bonds is 2. The number of benzene rings is 2. The van der Waals surface area contributed by atoms with Gasteiger partial charge in [-0.2, -0.15) is 5.10 Å². The zero-order chi connectivity index (χ0) is 14.1. The number of nitrogens with two attached hydrogens (primary N) is 1. The van der Waals surface area contributed by atoms with E-state index < -0.39 is 6.03 Å². The van der Waals surface area contributed by atoms with Gasteiger partial charge in [-0.05, 0) is 47.2 Å². The van der Waals surface area contributed by atoms with Crippen LogP contribution in [0.2, 0.25) is 0 Å². The molecule has 4 nitrogen and oxygen atoms in total. The summed E-state index contributed by atoms with van der Waals surface area (Å²) in [7, 11) is 0. The van der Waals surface area contributed by atoms with E-state index >= 15 is 0 Å². The summed E-state index contributed by atoms with van der Waals surface area (Å²) >= 11 is 0. The van der Waals surface area contributed by atoms with E-state index in [0.717, 1.165) is 17.7 Å². The summed E-state index contributed by atoms with van der Waals surface area (Å²) in [6.07, 6.45) is 0.940. The van der Waals surface area contributed by atoms with Crippen LogP contribution < -0.4 is 11.2 Å². The minimum Gasteiger partial charge on any atom is -0.350 e. The molecular weight excluding hydrogens is 250 g/mol. The predicted octanol–water partition coefficient (Wildman–Crippen LogP) is 2.65. The molecule has 1 aliphatic carbocycles. The van der Waals surface area contributed by atoms with Crippen molar-refractivity contribution in [1.82, 2.24) is 5.43 Å². The lowest BCUT2D eigenvalue weighted by Crippen LogP contribution is -2.25. The van der Waals surface area contributed by atoms with E-state index in [2.05, 4.69) is 46.9 Å². The Balaban J connectivity index is 1.95. The smallest absolute Gasteiger partial charge is 0.332 e. The fourth-order valence-corrected chi connectivity index (χ4v) is 2.57. The first-order valence-electron chi connectivity index (χ1n) is 6.46. The molecule has 4 heteroatoms. The number of nitrogens with one attached hydrogen (secondary N) is 1. The Kier molecular flexibility index (Phi) is 2.99. The van der Waals surface area contributed by atoms with Gasteiger partial charge in [0.1, 0.15) is 0 Å². The molecule has 0 atom stereocenters.